The SMILES string of the molecule is Cc1noc(C)c1S(=O)(=O)N[C@@H](C)C(=O)N(Cc1ccco1)Cc1cccs1. The first-order valence-electron chi connectivity index (χ1n) is 8.56. The van der Waals surface area contributed by atoms with Crippen LogP contribution in [0.5, 0.6) is 0 Å². The first-order chi connectivity index (χ1) is 13.3. The number of sulfonamides is 1. The second kappa shape index (κ2) is 8.29. The zero-order valence-corrected chi connectivity index (χ0v) is 17.3. The van der Waals surface area contributed by atoms with E-state index in [2.05, 4.69) is 9.88 Å². The van der Waals surface area contributed by atoms with Crippen LogP contribution in [0.4, 0.5) is 0 Å². The summed E-state index contributed by atoms with van der Waals surface area (Å²) >= 11 is 1.52. The Kier molecular flexibility index (Phi) is 6.01. The summed E-state index contributed by atoms with van der Waals surface area (Å²) in [5, 5.41) is 5.59. The molecule has 1 atom stereocenters. The van der Waals surface area contributed by atoms with Gasteiger partial charge in [-0.1, -0.05) is 11.2 Å². The van der Waals surface area contributed by atoms with Gasteiger partial charge in [-0.15, -0.1) is 11.3 Å². The quantitative estimate of drug-likeness (QED) is 0.597. The monoisotopic (exact) mass is 423 g/mol. The van der Waals surface area contributed by atoms with Crippen molar-refractivity contribution in [2.45, 2.75) is 44.8 Å². The number of aryl methyl sites for hydroxylation is 2. The number of furan rings is 1. The molecule has 0 bridgehead atoms. The Morgan fingerprint density at radius 3 is 2.64 bits per heavy atom. The molecule has 0 radical (unpaired) electrons. The highest BCUT2D eigenvalue weighted by Gasteiger charge is 2.30. The van der Waals surface area contributed by atoms with Gasteiger partial charge in [-0.3, -0.25) is 4.79 Å². The minimum Gasteiger partial charge on any atom is -0.467 e. The van der Waals surface area contributed by atoms with E-state index in [1.165, 1.54) is 38.4 Å². The lowest BCUT2D eigenvalue weighted by Crippen LogP contribution is -2.46. The summed E-state index contributed by atoms with van der Waals surface area (Å²) in [4.78, 5) is 15.5. The van der Waals surface area contributed by atoms with Gasteiger partial charge in [0, 0.05) is 4.88 Å². The highest BCUT2D eigenvalue weighted by Crippen LogP contribution is 2.20. The Morgan fingerprint density at radius 2 is 2.07 bits per heavy atom. The topological polar surface area (TPSA) is 106 Å². The summed E-state index contributed by atoms with van der Waals surface area (Å²) < 4.78 is 38.1. The average molecular weight is 424 g/mol. The van der Waals surface area contributed by atoms with Gasteiger partial charge >= 0.3 is 0 Å². The largest absolute Gasteiger partial charge is 0.467 e. The second-order valence-corrected chi connectivity index (χ2v) is 9.03. The fourth-order valence-electron chi connectivity index (χ4n) is 2.87. The van der Waals surface area contributed by atoms with Crippen LogP contribution in [0.3, 0.4) is 0 Å². The van der Waals surface area contributed by atoms with Crippen LogP contribution in [0.25, 0.3) is 0 Å². The van der Waals surface area contributed by atoms with Crippen LogP contribution in [0.15, 0.2) is 49.7 Å². The number of aromatic nitrogens is 1. The standard InChI is InChI=1S/C18H21N3O5S2/c1-12-17(14(3)26-19-12)28(23,24)20-13(2)18(22)21(10-15-6-4-8-25-15)11-16-7-5-9-27-16/h4-9,13,20H,10-11H2,1-3H3/t13-/m0/s1. The zero-order chi connectivity index (χ0) is 20.3. The summed E-state index contributed by atoms with van der Waals surface area (Å²) in [6, 6.07) is 6.36. The van der Waals surface area contributed by atoms with Gasteiger partial charge in [0.1, 0.15) is 16.3 Å². The molecule has 8 nitrogen and oxygen atoms in total. The molecule has 150 valence electrons. The molecule has 1 amide bonds. The van der Waals surface area contributed by atoms with E-state index < -0.39 is 16.1 Å². The van der Waals surface area contributed by atoms with E-state index in [0.717, 1.165) is 4.88 Å². The van der Waals surface area contributed by atoms with E-state index in [1.807, 2.05) is 17.5 Å². The number of amides is 1. The van der Waals surface area contributed by atoms with E-state index in [4.69, 9.17) is 8.94 Å². The fraction of sp³-hybridized carbons (Fsp3) is 0.333. The number of nitrogens with one attached hydrogen (secondary N) is 1. The molecule has 0 aliphatic heterocycles. The van der Waals surface area contributed by atoms with Gasteiger partial charge in [-0.05, 0) is 44.4 Å². The lowest BCUT2D eigenvalue weighted by Gasteiger charge is -2.25. The van der Waals surface area contributed by atoms with Gasteiger partial charge in [0.05, 0.1) is 25.4 Å². The molecule has 1 N–H and O–H groups in total. The Hall–Kier alpha value is -2.43. The van der Waals surface area contributed by atoms with Crippen LogP contribution >= 0.6 is 11.3 Å². The first kappa shape index (κ1) is 20.3. The number of carbonyl (C=O) groups excluding carboxylic acids is 1. The van der Waals surface area contributed by atoms with Crippen molar-refractivity contribution in [3.8, 4) is 0 Å². The molecule has 0 unspecified atom stereocenters. The highest BCUT2D eigenvalue weighted by atomic mass is 32.2. The third kappa shape index (κ3) is 4.51. The zero-order valence-electron chi connectivity index (χ0n) is 15.7. The number of hydrogen-bond acceptors (Lipinski definition) is 7. The van der Waals surface area contributed by atoms with Crippen LogP contribution in [0.2, 0.25) is 0 Å². The highest BCUT2D eigenvalue weighted by molar-refractivity contribution is 7.89. The molecule has 3 aromatic heterocycles. The predicted octanol–water partition coefficient (Wildman–Crippen LogP) is 2.84. The van der Waals surface area contributed by atoms with E-state index in [1.54, 1.807) is 17.0 Å². The Balaban J connectivity index is 1.79. The van der Waals surface area contributed by atoms with Crippen LogP contribution in [-0.2, 0) is 27.9 Å². The van der Waals surface area contributed by atoms with E-state index in [9.17, 15) is 13.2 Å². The molecule has 0 fully saturated rings. The maximum absolute atomic E-state index is 13.0. The Morgan fingerprint density at radius 1 is 1.29 bits per heavy atom. The smallest absolute Gasteiger partial charge is 0.246 e. The predicted molar refractivity (Wildman–Crippen MR) is 103 cm³/mol. The molecule has 0 aliphatic carbocycles. The average Bonchev–Trinajstić information content (AvgIpc) is 3.37. The van der Waals surface area contributed by atoms with E-state index in [-0.39, 0.29) is 28.8 Å². The van der Waals surface area contributed by atoms with Crippen molar-refractivity contribution >= 4 is 27.3 Å². The minimum atomic E-state index is -3.95. The minimum absolute atomic E-state index is 0.0389. The number of nitrogens with zero attached hydrogens (tertiary/aromatic N) is 2. The van der Waals surface area contributed by atoms with Crippen molar-refractivity contribution in [1.29, 1.82) is 0 Å². The molecule has 0 spiro atoms. The van der Waals surface area contributed by atoms with E-state index >= 15 is 0 Å². The molecule has 0 saturated carbocycles. The van der Waals surface area contributed by atoms with Crippen molar-refractivity contribution in [3.05, 3.63) is 58.0 Å². The van der Waals surface area contributed by atoms with Crippen LogP contribution in [-0.4, -0.2) is 30.4 Å². The van der Waals surface area contributed by atoms with Crippen LogP contribution < -0.4 is 4.72 Å². The summed E-state index contributed by atoms with van der Waals surface area (Å²) in [5.74, 6) is 0.432. The third-order valence-corrected chi connectivity index (χ3v) is 6.75. The van der Waals surface area contributed by atoms with Crippen molar-refractivity contribution in [3.63, 3.8) is 0 Å². The molecule has 10 heteroatoms. The number of thiophene rings is 1. The number of rotatable bonds is 8. The molecular formula is C18H21N3O5S2. The van der Waals surface area contributed by atoms with Crippen molar-refractivity contribution < 1.29 is 22.2 Å². The second-order valence-electron chi connectivity index (χ2n) is 6.35. The maximum atomic E-state index is 13.0. The molecule has 0 saturated heterocycles. The molecule has 0 aromatic carbocycles. The van der Waals surface area contributed by atoms with Crippen LogP contribution in [0, 0.1) is 13.8 Å². The van der Waals surface area contributed by atoms with Gasteiger partial charge < -0.3 is 13.8 Å². The number of hydrogen-bond donors (Lipinski definition) is 1. The van der Waals surface area contributed by atoms with Crippen LogP contribution in [0.1, 0.15) is 29.0 Å². The normalized spacial score (nSPS) is 12.8. The summed E-state index contributed by atoms with van der Waals surface area (Å²) in [7, 11) is -3.95. The Labute approximate surface area is 167 Å². The summed E-state index contributed by atoms with van der Waals surface area (Å²) in [6.07, 6.45) is 1.53. The molecule has 0 aliphatic rings. The Bertz CT molecular complexity index is 968. The maximum Gasteiger partial charge on any atom is 0.246 e. The van der Waals surface area contributed by atoms with E-state index in [0.29, 0.717) is 12.3 Å². The summed E-state index contributed by atoms with van der Waals surface area (Å²) in [6.45, 7) is 5.16. The third-order valence-electron chi connectivity index (χ3n) is 4.10. The molecular weight excluding hydrogens is 402 g/mol. The lowest BCUT2D eigenvalue weighted by molar-refractivity contribution is -0.134. The molecule has 3 rings (SSSR count). The van der Waals surface area contributed by atoms with Crippen molar-refractivity contribution in [2.75, 3.05) is 0 Å². The van der Waals surface area contributed by atoms with Gasteiger partial charge in [0.2, 0.25) is 15.9 Å². The van der Waals surface area contributed by atoms with Crippen molar-refractivity contribution in [2.24, 2.45) is 0 Å². The summed E-state index contributed by atoms with van der Waals surface area (Å²) in [5.41, 5.74) is 0.246. The van der Waals surface area contributed by atoms with Gasteiger partial charge in [-0.2, -0.15) is 4.72 Å². The van der Waals surface area contributed by atoms with Gasteiger partial charge in [-0.25, -0.2) is 8.42 Å². The molecule has 3 heterocycles. The number of carbonyl (C=O) groups is 1. The fourth-order valence-corrected chi connectivity index (χ4v) is 5.11. The first-order valence-corrected chi connectivity index (χ1v) is 10.9. The van der Waals surface area contributed by atoms with Gasteiger partial charge in [0.25, 0.3) is 0 Å². The lowest BCUT2D eigenvalue weighted by atomic mass is 10.2. The van der Waals surface area contributed by atoms with Gasteiger partial charge in [0.15, 0.2) is 5.76 Å². The molecule has 28 heavy (non-hydrogen) atoms. The molecule has 3 aromatic rings. The van der Waals surface area contributed by atoms with Crippen molar-refractivity contribution in [1.82, 2.24) is 14.8 Å².